The highest BCUT2D eigenvalue weighted by Crippen LogP contribution is 2.28. The van der Waals surface area contributed by atoms with Crippen LogP contribution in [0.4, 0.5) is 0 Å². The molecule has 1 N–H and O–H groups in total. The fourth-order valence-corrected chi connectivity index (χ4v) is 4.73. The molecule has 0 aliphatic carbocycles. The maximum Gasteiger partial charge on any atom is 0.250 e. The van der Waals surface area contributed by atoms with Gasteiger partial charge in [-0.1, -0.05) is 48.0 Å². The third-order valence-electron chi connectivity index (χ3n) is 5.34. The number of nitrogens with one attached hydrogen (secondary N) is 1. The highest BCUT2D eigenvalue weighted by molar-refractivity contribution is 8.00. The van der Waals surface area contributed by atoms with Crippen LogP contribution in [0.25, 0.3) is 21.7 Å². The summed E-state index contributed by atoms with van der Waals surface area (Å²) in [5.74, 6) is 0.206. The van der Waals surface area contributed by atoms with Crippen LogP contribution in [0.3, 0.4) is 0 Å². The molecule has 0 aliphatic heterocycles. The van der Waals surface area contributed by atoms with Gasteiger partial charge in [-0.05, 0) is 49.7 Å². The minimum atomic E-state index is -0.114. The van der Waals surface area contributed by atoms with Gasteiger partial charge in [0.05, 0.1) is 12.0 Å². The fraction of sp³-hybridized carbons (Fsp3) is 0.200. The van der Waals surface area contributed by atoms with E-state index in [4.69, 9.17) is 0 Å². The van der Waals surface area contributed by atoms with Crippen LogP contribution >= 0.6 is 11.8 Å². The van der Waals surface area contributed by atoms with Gasteiger partial charge in [0.1, 0.15) is 0 Å². The number of thioether (sulfide) groups is 1. The molecule has 1 aromatic heterocycles. The largest absolute Gasteiger partial charge is 0.344 e. The van der Waals surface area contributed by atoms with Crippen molar-refractivity contribution in [3.05, 3.63) is 77.5 Å². The van der Waals surface area contributed by atoms with E-state index >= 15 is 0 Å². The number of rotatable bonds is 6. The van der Waals surface area contributed by atoms with E-state index in [-0.39, 0.29) is 5.91 Å². The van der Waals surface area contributed by atoms with E-state index in [1.165, 1.54) is 33.6 Å². The molecule has 0 bridgehead atoms. The lowest BCUT2D eigenvalue weighted by molar-refractivity contribution is -0.118. The second-order valence-corrected chi connectivity index (χ2v) is 8.34. The summed E-state index contributed by atoms with van der Waals surface area (Å²) in [7, 11) is 0. The second kappa shape index (κ2) is 8.76. The number of aryl methyl sites for hydroxylation is 2. The van der Waals surface area contributed by atoms with Crippen molar-refractivity contribution in [3.8, 4) is 0 Å². The second-order valence-electron chi connectivity index (χ2n) is 7.32. The van der Waals surface area contributed by atoms with Gasteiger partial charge in [-0.25, -0.2) is 5.43 Å². The van der Waals surface area contributed by atoms with Crippen LogP contribution in [0, 0.1) is 13.8 Å². The van der Waals surface area contributed by atoms with Crippen molar-refractivity contribution in [3.63, 3.8) is 0 Å². The lowest BCUT2D eigenvalue weighted by Gasteiger charge is -2.05. The zero-order chi connectivity index (χ0) is 21.1. The molecule has 0 unspecified atom stereocenters. The number of hydrogen-bond acceptors (Lipinski definition) is 3. The monoisotopic (exact) mass is 415 g/mol. The van der Waals surface area contributed by atoms with Gasteiger partial charge in [-0.2, -0.15) is 5.10 Å². The molecule has 30 heavy (non-hydrogen) atoms. The Labute approximate surface area is 181 Å². The molecule has 0 spiro atoms. The van der Waals surface area contributed by atoms with Crippen LogP contribution in [0.2, 0.25) is 0 Å². The van der Waals surface area contributed by atoms with Crippen molar-refractivity contribution >= 4 is 45.6 Å². The van der Waals surface area contributed by atoms with Gasteiger partial charge in [-0.3, -0.25) is 4.79 Å². The number of fused-ring (bicyclic) bond motifs is 2. The van der Waals surface area contributed by atoms with E-state index in [1.54, 1.807) is 6.21 Å². The maximum atomic E-state index is 12.4. The number of benzene rings is 3. The van der Waals surface area contributed by atoms with Crippen LogP contribution in [0.5, 0.6) is 0 Å². The number of amides is 1. The first-order chi connectivity index (χ1) is 14.6. The van der Waals surface area contributed by atoms with E-state index in [2.05, 4.69) is 78.3 Å². The maximum absolute atomic E-state index is 12.4. The van der Waals surface area contributed by atoms with Crippen molar-refractivity contribution in [2.45, 2.75) is 32.2 Å². The normalized spacial score (nSPS) is 11.6. The topological polar surface area (TPSA) is 46.4 Å². The lowest BCUT2D eigenvalue weighted by atomic mass is 10.1. The average molecular weight is 416 g/mol. The smallest absolute Gasteiger partial charge is 0.250 e. The third kappa shape index (κ3) is 3.98. The van der Waals surface area contributed by atoms with Crippen LogP contribution in [0.15, 0.2) is 70.7 Å². The first-order valence-corrected chi connectivity index (χ1v) is 11.1. The molecule has 0 saturated carbocycles. The molecule has 152 valence electrons. The Bertz CT molecular complexity index is 1250. The van der Waals surface area contributed by atoms with Crippen molar-refractivity contribution in [2.75, 3.05) is 5.75 Å². The van der Waals surface area contributed by atoms with Gasteiger partial charge in [0.15, 0.2) is 0 Å². The number of carbonyl (C=O) groups excluding carboxylic acids is 1. The first kappa shape index (κ1) is 20.2. The lowest BCUT2D eigenvalue weighted by Crippen LogP contribution is -2.19. The Morgan fingerprint density at radius 1 is 1.07 bits per heavy atom. The molecule has 0 atom stereocenters. The highest BCUT2D eigenvalue weighted by Gasteiger charge is 2.12. The molecule has 4 nitrogen and oxygen atoms in total. The summed E-state index contributed by atoms with van der Waals surface area (Å²) < 4.78 is 2.27. The van der Waals surface area contributed by atoms with Crippen LogP contribution in [-0.2, 0) is 11.3 Å². The standard InChI is InChI=1S/C25H25N3OS/c1-4-28-18(3)22(21-14-17(2)12-13-23(21)28)15-26-27-25(29)16-30-24-11-7-9-19-8-5-6-10-20(19)24/h5-15H,4,16H2,1-3H3,(H,27,29)/b26-15-. The molecule has 0 radical (unpaired) electrons. The Balaban J connectivity index is 1.46. The molecule has 4 aromatic rings. The van der Waals surface area contributed by atoms with Crippen LogP contribution in [-0.4, -0.2) is 22.4 Å². The SMILES string of the molecule is CCn1c(C)c(/C=N\NC(=O)CSc2cccc3ccccc23)c2cc(C)ccc21. The Kier molecular flexibility index (Phi) is 5.91. The van der Waals surface area contributed by atoms with Crippen LogP contribution in [0.1, 0.15) is 23.7 Å². The molecule has 0 fully saturated rings. The molecule has 4 rings (SSSR count). The van der Waals surface area contributed by atoms with Crippen molar-refractivity contribution < 1.29 is 4.79 Å². The predicted molar refractivity (Wildman–Crippen MR) is 127 cm³/mol. The molecular weight excluding hydrogens is 390 g/mol. The molecular formula is C25H25N3OS. The van der Waals surface area contributed by atoms with E-state index in [0.717, 1.165) is 28.1 Å². The van der Waals surface area contributed by atoms with Gasteiger partial charge in [0.2, 0.25) is 5.91 Å². The number of nitrogens with zero attached hydrogens (tertiary/aromatic N) is 2. The minimum absolute atomic E-state index is 0.114. The van der Waals surface area contributed by atoms with Crippen molar-refractivity contribution in [1.29, 1.82) is 0 Å². The summed E-state index contributed by atoms with van der Waals surface area (Å²) in [6.45, 7) is 7.22. The van der Waals surface area contributed by atoms with Crippen molar-refractivity contribution in [2.24, 2.45) is 5.10 Å². The number of hydrogen-bond donors (Lipinski definition) is 1. The van der Waals surface area contributed by atoms with Crippen molar-refractivity contribution in [1.82, 2.24) is 9.99 Å². The van der Waals surface area contributed by atoms with Gasteiger partial charge in [0, 0.05) is 33.6 Å². The van der Waals surface area contributed by atoms with E-state index in [9.17, 15) is 4.79 Å². The Morgan fingerprint density at radius 2 is 1.87 bits per heavy atom. The summed E-state index contributed by atoms with van der Waals surface area (Å²) in [4.78, 5) is 13.5. The molecule has 1 amide bonds. The van der Waals surface area contributed by atoms with E-state index in [0.29, 0.717) is 5.75 Å². The van der Waals surface area contributed by atoms with Gasteiger partial charge < -0.3 is 4.57 Å². The van der Waals surface area contributed by atoms with Crippen LogP contribution < -0.4 is 5.43 Å². The van der Waals surface area contributed by atoms with E-state index < -0.39 is 0 Å². The Morgan fingerprint density at radius 3 is 2.70 bits per heavy atom. The zero-order valence-corrected chi connectivity index (χ0v) is 18.3. The predicted octanol–water partition coefficient (Wildman–Crippen LogP) is 5.67. The molecule has 5 heteroatoms. The Hall–Kier alpha value is -3.05. The number of carbonyl (C=O) groups is 1. The molecule has 0 aliphatic rings. The summed E-state index contributed by atoms with van der Waals surface area (Å²) in [6, 6.07) is 20.8. The van der Waals surface area contributed by atoms with Gasteiger partial charge in [-0.15, -0.1) is 11.8 Å². The molecule has 1 heterocycles. The molecule has 0 saturated heterocycles. The summed E-state index contributed by atoms with van der Waals surface area (Å²) in [5, 5.41) is 7.76. The van der Waals surface area contributed by atoms with Gasteiger partial charge in [0.25, 0.3) is 0 Å². The third-order valence-corrected chi connectivity index (χ3v) is 6.41. The number of aromatic nitrogens is 1. The fourth-order valence-electron chi connectivity index (χ4n) is 3.86. The first-order valence-electron chi connectivity index (χ1n) is 10.1. The number of hydrazone groups is 1. The summed E-state index contributed by atoms with van der Waals surface area (Å²) in [5.41, 5.74) is 7.29. The summed E-state index contributed by atoms with van der Waals surface area (Å²) in [6.07, 6.45) is 1.77. The highest BCUT2D eigenvalue weighted by atomic mass is 32.2. The zero-order valence-electron chi connectivity index (χ0n) is 17.5. The molecule has 3 aromatic carbocycles. The minimum Gasteiger partial charge on any atom is -0.344 e. The average Bonchev–Trinajstić information content (AvgIpc) is 3.02. The van der Waals surface area contributed by atoms with E-state index in [1.807, 2.05) is 18.2 Å². The summed E-state index contributed by atoms with van der Waals surface area (Å²) >= 11 is 1.53. The van der Waals surface area contributed by atoms with Gasteiger partial charge >= 0.3 is 0 Å². The quantitative estimate of drug-likeness (QED) is 0.250.